The van der Waals surface area contributed by atoms with E-state index in [0.29, 0.717) is 32.5 Å². The van der Waals surface area contributed by atoms with Crippen molar-refractivity contribution in [3.05, 3.63) is 28.6 Å². The molecule has 5 heterocycles. The van der Waals surface area contributed by atoms with E-state index in [9.17, 15) is 17.6 Å². The van der Waals surface area contributed by atoms with E-state index < -0.39 is 70.6 Å². The molecule has 15 heteroatoms. The Morgan fingerprint density at radius 1 is 1.13 bits per heavy atom. The first kappa shape index (κ1) is 32.4. The maximum Gasteiger partial charge on any atom is 0.319 e. The molecule has 2 aromatic heterocycles. The van der Waals surface area contributed by atoms with E-state index >= 15 is 8.78 Å². The number of rotatable bonds is 6. The minimum atomic E-state index is -3.01. The number of pyridine rings is 1. The molecule has 3 aliphatic heterocycles. The number of hydrogen-bond donors (Lipinski definition) is 3. The van der Waals surface area contributed by atoms with Gasteiger partial charge in [-0.3, -0.25) is 4.90 Å². The lowest BCUT2D eigenvalue weighted by molar-refractivity contribution is 0.107. The summed E-state index contributed by atoms with van der Waals surface area (Å²) in [7, 11) is 0. The van der Waals surface area contributed by atoms with Gasteiger partial charge >= 0.3 is 6.01 Å². The fraction of sp³-hybridized carbons (Fsp3) is 0.581. The Morgan fingerprint density at radius 2 is 1.91 bits per heavy atom. The molecule has 4 N–H and O–H groups in total. The van der Waals surface area contributed by atoms with Crippen LogP contribution in [0.25, 0.3) is 22.2 Å². The standard InChI is InChI=1S/C31H37F6N7O2/c1-14-11-39-7-5-15(2)46-29-21-27(24(37)26(41-29)20-18(9-19(33)34)16(3)22(35)25(38)23(20)36)42-30(43-28(21)40-14)45-13-31-6-4-8-44(31)12-17(32)10-31/h14-15,17,19,39H,4-13,38H2,1-3H3,(H,40,42,43)/t14?,15-,17+,31?/m0/s1. The van der Waals surface area contributed by atoms with Crippen molar-refractivity contribution in [1.29, 1.82) is 0 Å². The summed E-state index contributed by atoms with van der Waals surface area (Å²) in [5, 5.41) is 6.56. The third-order valence-corrected chi connectivity index (χ3v) is 9.21. The van der Waals surface area contributed by atoms with E-state index in [2.05, 4.69) is 25.6 Å². The van der Waals surface area contributed by atoms with Gasteiger partial charge in [0.1, 0.15) is 40.9 Å². The Balaban J connectivity index is 1.57. The van der Waals surface area contributed by atoms with Crippen LogP contribution in [-0.4, -0.2) is 82.9 Å². The molecule has 0 radical (unpaired) electrons. The highest BCUT2D eigenvalue weighted by atomic mass is 19.3. The Kier molecular flexibility index (Phi) is 8.83. The number of hydrogen-bond acceptors (Lipinski definition) is 9. The van der Waals surface area contributed by atoms with Crippen molar-refractivity contribution in [3.8, 4) is 23.1 Å². The van der Waals surface area contributed by atoms with E-state index in [1.165, 1.54) is 6.92 Å². The first-order chi connectivity index (χ1) is 21.9. The number of halogens is 6. The fourth-order valence-corrected chi connectivity index (χ4v) is 6.89. The number of nitrogens with one attached hydrogen (secondary N) is 2. The SMILES string of the molecule is Cc1c(F)c(N)c(F)c(-c2nc3c4c(nc(OCC56CCCN5C[C@H](F)C6)nc4c2F)NC(C)CNCC[C@H](C)O3)c1CC(F)F. The third kappa shape index (κ3) is 5.87. The highest BCUT2D eigenvalue weighted by molar-refractivity contribution is 5.97. The van der Waals surface area contributed by atoms with Crippen molar-refractivity contribution in [1.82, 2.24) is 25.2 Å². The van der Waals surface area contributed by atoms with Gasteiger partial charge in [-0.25, -0.2) is 31.3 Å². The molecule has 9 nitrogen and oxygen atoms in total. The molecule has 1 aromatic carbocycles. The molecule has 250 valence electrons. The second-order valence-corrected chi connectivity index (χ2v) is 12.6. The van der Waals surface area contributed by atoms with E-state index in [0.717, 1.165) is 13.0 Å². The summed E-state index contributed by atoms with van der Waals surface area (Å²) >= 11 is 0. The first-order valence-corrected chi connectivity index (χ1v) is 15.5. The van der Waals surface area contributed by atoms with Crippen LogP contribution in [0.1, 0.15) is 50.7 Å². The van der Waals surface area contributed by atoms with E-state index in [1.54, 1.807) is 6.92 Å². The van der Waals surface area contributed by atoms with Crippen LogP contribution in [0.15, 0.2) is 0 Å². The summed E-state index contributed by atoms with van der Waals surface area (Å²) < 4.78 is 101. The van der Waals surface area contributed by atoms with Gasteiger partial charge in [-0.05, 0) is 64.3 Å². The van der Waals surface area contributed by atoms with Crippen LogP contribution >= 0.6 is 0 Å². The molecule has 2 saturated heterocycles. The normalized spacial score (nSPS) is 25.3. The van der Waals surface area contributed by atoms with Crippen LogP contribution in [-0.2, 0) is 6.42 Å². The van der Waals surface area contributed by atoms with Gasteiger partial charge in [-0.2, -0.15) is 9.97 Å². The monoisotopic (exact) mass is 653 g/mol. The molecule has 3 aliphatic rings. The second-order valence-electron chi connectivity index (χ2n) is 12.6. The number of anilines is 2. The number of nitrogens with zero attached hydrogens (tertiary/aromatic N) is 4. The molecular formula is C31H37F6N7O2. The Morgan fingerprint density at radius 3 is 2.67 bits per heavy atom. The van der Waals surface area contributed by atoms with E-state index in [-0.39, 0.29) is 53.2 Å². The molecule has 0 saturated carbocycles. The fourth-order valence-electron chi connectivity index (χ4n) is 6.89. The van der Waals surface area contributed by atoms with Gasteiger partial charge in [0.05, 0.1) is 11.6 Å². The smallest absolute Gasteiger partial charge is 0.319 e. The maximum atomic E-state index is 16.8. The van der Waals surface area contributed by atoms with Gasteiger partial charge in [0.2, 0.25) is 12.3 Å². The Bertz CT molecular complexity index is 1650. The number of alkyl halides is 3. The van der Waals surface area contributed by atoms with Crippen molar-refractivity contribution >= 4 is 22.4 Å². The molecular weight excluding hydrogens is 616 g/mol. The number of nitrogen functional groups attached to an aromatic ring is 1. The number of fused-ring (bicyclic) bond motifs is 1. The quantitative estimate of drug-likeness (QED) is 0.241. The first-order valence-electron chi connectivity index (χ1n) is 15.5. The van der Waals surface area contributed by atoms with Gasteiger partial charge in [-0.15, -0.1) is 0 Å². The highest BCUT2D eigenvalue weighted by Crippen LogP contribution is 2.43. The summed E-state index contributed by atoms with van der Waals surface area (Å²) in [6.45, 7) is 6.98. The third-order valence-electron chi connectivity index (χ3n) is 9.21. The van der Waals surface area contributed by atoms with Crippen molar-refractivity contribution in [2.75, 3.05) is 43.8 Å². The van der Waals surface area contributed by atoms with Crippen molar-refractivity contribution < 1.29 is 35.8 Å². The zero-order valence-corrected chi connectivity index (χ0v) is 25.8. The van der Waals surface area contributed by atoms with E-state index in [1.807, 2.05) is 11.8 Å². The van der Waals surface area contributed by atoms with Gasteiger partial charge in [0, 0.05) is 37.5 Å². The largest absolute Gasteiger partial charge is 0.474 e. The van der Waals surface area contributed by atoms with Crippen molar-refractivity contribution in [2.45, 2.75) is 83.2 Å². The summed E-state index contributed by atoms with van der Waals surface area (Å²) in [6, 6.07) is -0.456. The van der Waals surface area contributed by atoms with Crippen LogP contribution < -0.4 is 25.8 Å². The average molecular weight is 654 g/mol. The molecule has 0 bridgehead atoms. The topological polar surface area (TPSA) is 110 Å². The number of aromatic nitrogens is 3. The van der Waals surface area contributed by atoms with Crippen LogP contribution in [0, 0.1) is 24.4 Å². The van der Waals surface area contributed by atoms with Crippen LogP contribution in [0.5, 0.6) is 11.9 Å². The molecule has 6 rings (SSSR count). The number of benzene rings is 1. The van der Waals surface area contributed by atoms with E-state index in [4.69, 9.17) is 15.2 Å². The van der Waals surface area contributed by atoms with Gasteiger partial charge in [0.15, 0.2) is 17.5 Å². The summed E-state index contributed by atoms with van der Waals surface area (Å²) in [4.78, 5) is 15.3. The molecule has 2 fully saturated rings. The summed E-state index contributed by atoms with van der Waals surface area (Å²) in [6.07, 6.45) is -3.19. The zero-order valence-electron chi connectivity index (χ0n) is 25.8. The molecule has 46 heavy (non-hydrogen) atoms. The second kappa shape index (κ2) is 12.5. The van der Waals surface area contributed by atoms with Crippen molar-refractivity contribution in [3.63, 3.8) is 0 Å². The Labute approximate surface area is 262 Å². The lowest BCUT2D eigenvalue weighted by atomic mass is 9.93. The minimum Gasteiger partial charge on any atom is -0.474 e. The highest BCUT2D eigenvalue weighted by Gasteiger charge is 2.49. The molecule has 0 spiro atoms. The molecule has 0 amide bonds. The predicted molar refractivity (Wildman–Crippen MR) is 161 cm³/mol. The molecule has 2 unspecified atom stereocenters. The number of nitrogens with two attached hydrogens (primary N) is 1. The van der Waals surface area contributed by atoms with Crippen LogP contribution in [0.3, 0.4) is 0 Å². The van der Waals surface area contributed by atoms with Crippen LogP contribution in [0.4, 0.5) is 37.8 Å². The maximum absolute atomic E-state index is 16.8. The zero-order chi connectivity index (χ0) is 32.9. The summed E-state index contributed by atoms with van der Waals surface area (Å²) in [5.74, 6) is -3.88. The van der Waals surface area contributed by atoms with Gasteiger partial charge < -0.3 is 25.8 Å². The lowest BCUT2D eigenvalue weighted by Crippen LogP contribution is -2.43. The van der Waals surface area contributed by atoms with Crippen molar-refractivity contribution in [2.24, 2.45) is 0 Å². The molecule has 3 aromatic rings. The average Bonchev–Trinajstić information content (AvgIpc) is 3.52. The predicted octanol–water partition coefficient (Wildman–Crippen LogP) is 5.32. The molecule has 0 aliphatic carbocycles. The van der Waals surface area contributed by atoms with Gasteiger partial charge in [-0.1, -0.05) is 0 Å². The number of ether oxygens (including phenoxy) is 2. The lowest BCUT2D eigenvalue weighted by Gasteiger charge is -2.30. The van der Waals surface area contributed by atoms with Gasteiger partial charge in [0.25, 0.3) is 0 Å². The summed E-state index contributed by atoms with van der Waals surface area (Å²) in [5.41, 5.74) is 1.55. The van der Waals surface area contributed by atoms with Crippen LogP contribution in [0.2, 0.25) is 0 Å². The Hall–Kier alpha value is -3.59. The minimum absolute atomic E-state index is 0.0298. The molecule has 4 atom stereocenters.